The van der Waals surface area contributed by atoms with Crippen molar-refractivity contribution in [2.24, 2.45) is 0 Å². The summed E-state index contributed by atoms with van der Waals surface area (Å²) in [5, 5.41) is 3.28. The van der Waals surface area contributed by atoms with Crippen LogP contribution in [0.25, 0.3) is 0 Å². The Balaban J connectivity index is 2.04. The Labute approximate surface area is 85.4 Å². The van der Waals surface area contributed by atoms with Gasteiger partial charge in [-0.15, -0.1) is 0 Å². The second-order valence-electron chi connectivity index (χ2n) is 3.40. The first-order valence-electron chi connectivity index (χ1n) is 4.56. The molecule has 0 aromatic carbocycles. The van der Waals surface area contributed by atoms with Gasteiger partial charge in [0.15, 0.2) is 0 Å². The van der Waals surface area contributed by atoms with Crippen molar-refractivity contribution in [1.29, 1.82) is 0 Å². The minimum absolute atomic E-state index is 0.292. The zero-order valence-corrected chi connectivity index (χ0v) is 8.59. The molecule has 4 nitrogen and oxygen atoms in total. The number of rotatable bonds is 2. The number of hydrogen-bond donors (Lipinski definition) is 2. The molecule has 14 heavy (non-hydrogen) atoms. The van der Waals surface area contributed by atoms with Crippen molar-refractivity contribution in [3.8, 4) is 0 Å². The molecule has 0 radical (unpaired) electrons. The fraction of sp³-hybridized carbons (Fsp3) is 0.444. The highest BCUT2D eigenvalue weighted by Gasteiger charge is 2.20. The van der Waals surface area contributed by atoms with Crippen LogP contribution in [0.1, 0.15) is 6.42 Å². The minimum atomic E-state index is -0.652. The molecule has 1 aliphatic heterocycles. The van der Waals surface area contributed by atoms with E-state index in [0.717, 1.165) is 23.6 Å². The van der Waals surface area contributed by atoms with Crippen molar-refractivity contribution in [3.63, 3.8) is 0 Å². The molecule has 0 bridgehead atoms. The van der Waals surface area contributed by atoms with E-state index in [0.29, 0.717) is 11.7 Å². The highest BCUT2D eigenvalue weighted by atomic mass is 32.2. The molecule has 3 N–H and O–H groups in total. The second-order valence-corrected chi connectivity index (χ2v) is 5.02. The van der Waals surface area contributed by atoms with Gasteiger partial charge in [0, 0.05) is 34.5 Å². The maximum Gasteiger partial charge on any atom is 0.0736 e. The molecule has 1 aromatic rings. The van der Waals surface area contributed by atoms with Gasteiger partial charge in [0.05, 0.1) is 17.6 Å². The molecule has 2 unspecified atom stereocenters. The highest BCUT2D eigenvalue weighted by Crippen LogP contribution is 2.19. The predicted molar refractivity (Wildman–Crippen MR) is 58.6 cm³/mol. The van der Waals surface area contributed by atoms with Crippen LogP contribution in [0.2, 0.25) is 0 Å². The van der Waals surface area contributed by atoms with E-state index in [9.17, 15) is 4.21 Å². The third-order valence-corrected chi connectivity index (χ3v) is 3.76. The van der Waals surface area contributed by atoms with E-state index in [1.54, 1.807) is 12.4 Å². The summed E-state index contributed by atoms with van der Waals surface area (Å²) in [5.41, 5.74) is 7.27. The molecule has 1 aromatic heterocycles. The van der Waals surface area contributed by atoms with Crippen molar-refractivity contribution in [2.75, 3.05) is 22.6 Å². The van der Waals surface area contributed by atoms with E-state index < -0.39 is 10.8 Å². The molecule has 1 saturated heterocycles. The van der Waals surface area contributed by atoms with Gasteiger partial charge in [-0.05, 0) is 12.5 Å². The Kier molecular flexibility index (Phi) is 2.67. The summed E-state index contributed by atoms with van der Waals surface area (Å²) in [5.74, 6) is 1.52. The third-order valence-electron chi connectivity index (χ3n) is 2.29. The normalized spacial score (nSPS) is 26.3. The predicted octanol–water partition coefficient (Wildman–Crippen LogP) is 0.597. The standard InChI is InChI=1S/C9H13N3OS/c10-8-5-11-3-1-9(8)12-7-2-4-14(13)6-7/h1,3,5,7H,2,4,6,10H2,(H,11,12). The van der Waals surface area contributed by atoms with Gasteiger partial charge in [-0.2, -0.15) is 0 Å². The van der Waals surface area contributed by atoms with Gasteiger partial charge in [-0.3, -0.25) is 9.19 Å². The van der Waals surface area contributed by atoms with Crippen LogP contribution in [0.4, 0.5) is 11.4 Å². The van der Waals surface area contributed by atoms with Gasteiger partial charge in [-0.25, -0.2) is 0 Å². The topological polar surface area (TPSA) is 68.0 Å². The molecule has 0 amide bonds. The second kappa shape index (κ2) is 3.96. The van der Waals surface area contributed by atoms with E-state index >= 15 is 0 Å². The first-order valence-corrected chi connectivity index (χ1v) is 6.05. The van der Waals surface area contributed by atoms with Gasteiger partial charge >= 0.3 is 0 Å². The van der Waals surface area contributed by atoms with Crippen LogP contribution in [0.5, 0.6) is 0 Å². The number of nitrogens with two attached hydrogens (primary N) is 1. The summed E-state index contributed by atoms with van der Waals surface area (Å²) in [4.78, 5) is 3.91. The molecule has 5 heteroatoms. The van der Waals surface area contributed by atoms with E-state index in [4.69, 9.17) is 5.73 Å². The van der Waals surface area contributed by atoms with E-state index in [2.05, 4.69) is 10.3 Å². The molecule has 0 saturated carbocycles. The van der Waals surface area contributed by atoms with Crippen LogP contribution >= 0.6 is 0 Å². The molecule has 0 spiro atoms. The number of hydrogen-bond acceptors (Lipinski definition) is 4. The lowest BCUT2D eigenvalue weighted by Crippen LogP contribution is -2.20. The zero-order valence-electron chi connectivity index (χ0n) is 7.77. The maximum atomic E-state index is 11.2. The molecule has 76 valence electrons. The van der Waals surface area contributed by atoms with Crippen LogP contribution in [-0.4, -0.2) is 26.7 Å². The Bertz CT molecular complexity index is 356. The lowest BCUT2D eigenvalue weighted by Gasteiger charge is -2.13. The van der Waals surface area contributed by atoms with E-state index in [1.807, 2.05) is 6.07 Å². The monoisotopic (exact) mass is 211 g/mol. The van der Waals surface area contributed by atoms with Crippen molar-refractivity contribution >= 4 is 22.2 Å². The first-order chi connectivity index (χ1) is 6.75. The van der Waals surface area contributed by atoms with Crippen molar-refractivity contribution in [3.05, 3.63) is 18.5 Å². The summed E-state index contributed by atoms with van der Waals surface area (Å²) >= 11 is 0. The molecular weight excluding hydrogens is 198 g/mol. The Morgan fingerprint density at radius 1 is 1.64 bits per heavy atom. The Morgan fingerprint density at radius 3 is 3.14 bits per heavy atom. The first kappa shape index (κ1) is 9.45. The molecule has 0 aliphatic carbocycles. The number of nitrogen functional groups attached to an aromatic ring is 1. The van der Waals surface area contributed by atoms with Gasteiger partial charge in [0.25, 0.3) is 0 Å². The molecule has 2 heterocycles. The summed E-state index contributed by atoms with van der Waals surface area (Å²) in [6.45, 7) is 0. The largest absolute Gasteiger partial charge is 0.396 e. The smallest absolute Gasteiger partial charge is 0.0736 e. The number of nitrogens with one attached hydrogen (secondary N) is 1. The molecule has 2 rings (SSSR count). The van der Waals surface area contributed by atoms with Crippen LogP contribution < -0.4 is 11.1 Å². The van der Waals surface area contributed by atoms with Crippen LogP contribution in [-0.2, 0) is 10.8 Å². The van der Waals surface area contributed by atoms with Gasteiger partial charge in [0.1, 0.15) is 0 Å². The average molecular weight is 211 g/mol. The van der Waals surface area contributed by atoms with Gasteiger partial charge < -0.3 is 11.1 Å². The van der Waals surface area contributed by atoms with Crippen molar-refractivity contribution < 1.29 is 4.21 Å². The minimum Gasteiger partial charge on any atom is -0.396 e. The Hall–Kier alpha value is -1.10. The molecule has 2 atom stereocenters. The summed E-state index contributed by atoms with van der Waals surface area (Å²) in [7, 11) is -0.652. The van der Waals surface area contributed by atoms with E-state index in [-0.39, 0.29) is 0 Å². The summed E-state index contributed by atoms with van der Waals surface area (Å²) < 4.78 is 11.2. The number of anilines is 2. The number of pyridine rings is 1. The average Bonchev–Trinajstić information content (AvgIpc) is 2.56. The van der Waals surface area contributed by atoms with Gasteiger partial charge in [0.2, 0.25) is 0 Å². The lowest BCUT2D eigenvalue weighted by molar-refractivity contribution is 0.687. The number of aromatic nitrogens is 1. The number of nitrogens with zero attached hydrogens (tertiary/aromatic N) is 1. The van der Waals surface area contributed by atoms with Crippen LogP contribution in [0.3, 0.4) is 0 Å². The SMILES string of the molecule is Nc1cnccc1NC1CCS(=O)C1. The quantitative estimate of drug-likeness (QED) is 0.751. The fourth-order valence-electron chi connectivity index (χ4n) is 1.54. The van der Waals surface area contributed by atoms with E-state index in [1.165, 1.54) is 0 Å². The summed E-state index contributed by atoms with van der Waals surface area (Å²) in [6, 6.07) is 2.14. The zero-order chi connectivity index (χ0) is 9.97. The van der Waals surface area contributed by atoms with Gasteiger partial charge in [-0.1, -0.05) is 0 Å². The molecule has 1 fully saturated rings. The maximum absolute atomic E-state index is 11.2. The molecule has 1 aliphatic rings. The van der Waals surface area contributed by atoms with Crippen LogP contribution in [0, 0.1) is 0 Å². The lowest BCUT2D eigenvalue weighted by atomic mass is 10.2. The van der Waals surface area contributed by atoms with Crippen molar-refractivity contribution in [1.82, 2.24) is 4.98 Å². The Morgan fingerprint density at radius 2 is 2.50 bits per heavy atom. The molecular formula is C9H13N3OS. The fourth-order valence-corrected chi connectivity index (χ4v) is 2.95. The highest BCUT2D eigenvalue weighted by molar-refractivity contribution is 7.85. The summed E-state index contributed by atoms with van der Waals surface area (Å²) in [6.07, 6.45) is 4.27. The van der Waals surface area contributed by atoms with Crippen LogP contribution in [0.15, 0.2) is 18.5 Å². The van der Waals surface area contributed by atoms with Crippen molar-refractivity contribution in [2.45, 2.75) is 12.5 Å². The third kappa shape index (κ3) is 2.04.